The summed E-state index contributed by atoms with van der Waals surface area (Å²) in [6, 6.07) is 4.57. The van der Waals surface area contributed by atoms with E-state index >= 15 is 0 Å². The Morgan fingerprint density at radius 2 is 1.80 bits per heavy atom. The van der Waals surface area contributed by atoms with Gasteiger partial charge < -0.3 is 5.32 Å². The van der Waals surface area contributed by atoms with Crippen LogP contribution in [-0.2, 0) is 0 Å². The Labute approximate surface area is 120 Å². The number of benzene rings is 1. The largest absolute Gasteiger partial charge is 0.380 e. The van der Waals surface area contributed by atoms with Crippen molar-refractivity contribution in [3.8, 4) is 0 Å². The van der Waals surface area contributed by atoms with Gasteiger partial charge in [0.1, 0.15) is 0 Å². The van der Waals surface area contributed by atoms with Gasteiger partial charge in [-0.25, -0.2) is 8.78 Å². The summed E-state index contributed by atoms with van der Waals surface area (Å²) in [4.78, 5) is 0. The van der Waals surface area contributed by atoms with E-state index in [1.807, 2.05) is 0 Å². The van der Waals surface area contributed by atoms with Crippen molar-refractivity contribution in [3.63, 3.8) is 0 Å². The van der Waals surface area contributed by atoms with Crippen LogP contribution in [0.4, 0.5) is 14.5 Å². The third kappa shape index (κ3) is 3.71. The van der Waals surface area contributed by atoms with Crippen LogP contribution in [0.2, 0.25) is 0 Å². The zero-order valence-corrected chi connectivity index (χ0v) is 12.7. The lowest BCUT2D eigenvalue weighted by molar-refractivity contribution is 0.214. The van der Waals surface area contributed by atoms with Crippen molar-refractivity contribution >= 4 is 5.69 Å². The van der Waals surface area contributed by atoms with E-state index < -0.39 is 11.6 Å². The molecule has 0 heterocycles. The molecule has 1 aliphatic carbocycles. The van der Waals surface area contributed by atoms with Crippen LogP contribution < -0.4 is 5.32 Å². The quantitative estimate of drug-likeness (QED) is 0.718. The molecule has 112 valence electrons. The molecule has 1 fully saturated rings. The van der Waals surface area contributed by atoms with Crippen LogP contribution in [0.3, 0.4) is 0 Å². The highest BCUT2D eigenvalue weighted by atomic mass is 19.2. The Morgan fingerprint density at radius 1 is 1.05 bits per heavy atom. The summed E-state index contributed by atoms with van der Waals surface area (Å²) in [5, 5.41) is 3.19. The molecule has 1 nitrogen and oxygen atoms in total. The molecule has 2 unspecified atom stereocenters. The summed E-state index contributed by atoms with van der Waals surface area (Å²) >= 11 is 0. The number of hydrogen-bond acceptors (Lipinski definition) is 1. The average Bonchev–Trinajstić information content (AvgIpc) is 2.60. The summed E-state index contributed by atoms with van der Waals surface area (Å²) in [7, 11) is 0. The molecular weight excluding hydrogens is 256 g/mol. The van der Waals surface area contributed by atoms with E-state index in [9.17, 15) is 8.78 Å². The van der Waals surface area contributed by atoms with Gasteiger partial charge in [0.05, 0.1) is 5.69 Å². The van der Waals surface area contributed by atoms with E-state index in [4.69, 9.17) is 0 Å². The third-order valence-electron chi connectivity index (χ3n) is 4.50. The smallest absolute Gasteiger partial charge is 0.181 e. The Morgan fingerprint density at radius 3 is 2.50 bits per heavy atom. The predicted molar refractivity (Wildman–Crippen MR) is 79.8 cm³/mol. The van der Waals surface area contributed by atoms with Crippen molar-refractivity contribution in [2.75, 3.05) is 5.32 Å². The molecule has 0 radical (unpaired) electrons. The maximum atomic E-state index is 13.7. The molecule has 2 rings (SSSR count). The lowest BCUT2D eigenvalue weighted by Gasteiger charge is -2.29. The lowest BCUT2D eigenvalue weighted by Crippen LogP contribution is -2.22. The molecular formula is C17H25F2N. The Bertz CT molecular complexity index is 451. The topological polar surface area (TPSA) is 12.0 Å². The van der Waals surface area contributed by atoms with Gasteiger partial charge in [0, 0.05) is 6.04 Å². The fourth-order valence-electron chi connectivity index (χ4n) is 3.15. The van der Waals surface area contributed by atoms with E-state index in [1.54, 1.807) is 12.1 Å². The molecule has 0 aromatic heterocycles. The molecule has 0 saturated heterocycles. The first-order valence-electron chi connectivity index (χ1n) is 7.58. The average molecular weight is 281 g/mol. The first kappa shape index (κ1) is 15.3. The van der Waals surface area contributed by atoms with Gasteiger partial charge in [-0.2, -0.15) is 0 Å². The summed E-state index contributed by atoms with van der Waals surface area (Å²) in [5.74, 6) is -0.827. The Balaban J connectivity index is 1.99. The van der Waals surface area contributed by atoms with Crippen molar-refractivity contribution in [3.05, 3.63) is 29.8 Å². The SMILES string of the molecule is CC(C)(C)C1CCCC(Nc2cccc(F)c2F)CC1. The molecule has 20 heavy (non-hydrogen) atoms. The first-order valence-corrected chi connectivity index (χ1v) is 7.58. The van der Waals surface area contributed by atoms with Crippen molar-refractivity contribution < 1.29 is 8.78 Å². The standard InChI is InChI=1S/C17H25F2N/c1-17(2,3)12-6-4-7-13(11-10-12)20-15-9-5-8-14(18)16(15)19/h5,8-9,12-13,20H,4,6-7,10-11H2,1-3H3. The van der Waals surface area contributed by atoms with Crippen LogP contribution in [0.25, 0.3) is 0 Å². The zero-order chi connectivity index (χ0) is 14.8. The van der Waals surface area contributed by atoms with Crippen molar-refractivity contribution in [2.24, 2.45) is 11.3 Å². The third-order valence-corrected chi connectivity index (χ3v) is 4.50. The van der Waals surface area contributed by atoms with Crippen LogP contribution >= 0.6 is 0 Å². The molecule has 0 bridgehead atoms. The molecule has 1 saturated carbocycles. The second-order valence-electron chi connectivity index (χ2n) is 7.01. The summed E-state index contributed by atoms with van der Waals surface area (Å²) in [6.07, 6.45) is 5.59. The predicted octanol–water partition coefficient (Wildman–Crippen LogP) is 5.37. The Kier molecular flexibility index (Phi) is 4.66. The number of anilines is 1. The van der Waals surface area contributed by atoms with Crippen LogP contribution in [-0.4, -0.2) is 6.04 Å². The molecule has 3 heteroatoms. The molecule has 0 spiro atoms. The molecule has 2 atom stereocenters. The van der Waals surface area contributed by atoms with E-state index in [1.165, 1.54) is 6.42 Å². The zero-order valence-electron chi connectivity index (χ0n) is 12.7. The van der Waals surface area contributed by atoms with Gasteiger partial charge in [-0.05, 0) is 49.1 Å². The van der Waals surface area contributed by atoms with Crippen molar-refractivity contribution in [1.82, 2.24) is 0 Å². The minimum absolute atomic E-state index is 0.249. The monoisotopic (exact) mass is 281 g/mol. The van der Waals surface area contributed by atoms with Crippen LogP contribution in [0.15, 0.2) is 18.2 Å². The highest BCUT2D eigenvalue weighted by molar-refractivity contribution is 5.45. The summed E-state index contributed by atoms with van der Waals surface area (Å²) < 4.78 is 26.9. The van der Waals surface area contributed by atoms with Gasteiger partial charge in [-0.1, -0.05) is 33.3 Å². The lowest BCUT2D eigenvalue weighted by atomic mass is 9.76. The van der Waals surface area contributed by atoms with Crippen LogP contribution in [0.1, 0.15) is 52.9 Å². The number of nitrogens with one attached hydrogen (secondary N) is 1. The van der Waals surface area contributed by atoms with Crippen molar-refractivity contribution in [1.29, 1.82) is 0 Å². The normalized spacial score (nSPS) is 24.2. The van der Waals surface area contributed by atoms with Gasteiger partial charge in [-0.15, -0.1) is 0 Å². The highest BCUT2D eigenvalue weighted by Gasteiger charge is 2.28. The fraction of sp³-hybridized carbons (Fsp3) is 0.647. The van der Waals surface area contributed by atoms with E-state index in [0.717, 1.165) is 31.7 Å². The van der Waals surface area contributed by atoms with Gasteiger partial charge in [0.15, 0.2) is 11.6 Å². The highest BCUT2D eigenvalue weighted by Crippen LogP contribution is 2.37. The maximum absolute atomic E-state index is 13.7. The second-order valence-corrected chi connectivity index (χ2v) is 7.01. The summed E-state index contributed by atoms with van der Waals surface area (Å²) in [6.45, 7) is 6.87. The van der Waals surface area contributed by atoms with E-state index in [0.29, 0.717) is 17.0 Å². The van der Waals surface area contributed by atoms with Gasteiger partial charge in [0.25, 0.3) is 0 Å². The first-order chi connectivity index (χ1) is 9.38. The molecule has 0 amide bonds. The van der Waals surface area contributed by atoms with Crippen LogP contribution in [0.5, 0.6) is 0 Å². The molecule has 1 aliphatic rings. The molecule has 1 N–H and O–H groups in total. The van der Waals surface area contributed by atoms with Crippen molar-refractivity contribution in [2.45, 2.75) is 58.9 Å². The molecule has 1 aromatic rings. The minimum atomic E-state index is -0.781. The number of rotatable bonds is 2. The van der Waals surface area contributed by atoms with E-state index in [2.05, 4.69) is 26.1 Å². The van der Waals surface area contributed by atoms with Gasteiger partial charge in [0.2, 0.25) is 0 Å². The number of hydrogen-bond donors (Lipinski definition) is 1. The van der Waals surface area contributed by atoms with Gasteiger partial charge >= 0.3 is 0 Å². The Hall–Kier alpha value is -1.12. The summed E-state index contributed by atoms with van der Waals surface area (Å²) in [5.41, 5.74) is 0.628. The molecule has 1 aromatic carbocycles. The second kappa shape index (κ2) is 6.11. The van der Waals surface area contributed by atoms with E-state index in [-0.39, 0.29) is 6.04 Å². The maximum Gasteiger partial charge on any atom is 0.181 e. The molecule has 0 aliphatic heterocycles. The number of halogens is 2. The fourth-order valence-corrected chi connectivity index (χ4v) is 3.15. The van der Waals surface area contributed by atoms with Gasteiger partial charge in [-0.3, -0.25) is 0 Å². The minimum Gasteiger partial charge on any atom is -0.380 e. The van der Waals surface area contributed by atoms with Crippen LogP contribution in [0, 0.1) is 23.0 Å².